The second-order valence-corrected chi connectivity index (χ2v) is 7.90. The van der Waals surface area contributed by atoms with Crippen LogP contribution in [0.3, 0.4) is 0 Å². The normalized spacial score (nSPS) is 14.8. The number of nitrogens with two attached hydrogens (primary N) is 1. The Labute approximate surface area is 186 Å². The van der Waals surface area contributed by atoms with E-state index in [0.29, 0.717) is 6.42 Å². The van der Waals surface area contributed by atoms with Gasteiger partial charge in [-0.1, -0.05) is 38.5 Å². The molecule has 0 aliphatic rings. The SMILES string of the molecule is CCC(C)C(NC(=O)C(Cc1c[nH]c2ccccc12)NC(=O)CNC(=O)C(C)N)C(=O)O. The lowest BCUT2D eigenvalue weighted by atomic mass is 9.98. The van der Waals surface area contributed by atoms with Gasteiger partial charge in [-0.05, 0) is 24.5 Å². The first kappa shape index (κ1) is 24.9. The van der Waals surface area contributed by atoms with Gasteiger partial charge >= 0.3 is 5.97 Å². The molecule has 1 aromatic heterocycles. The molecule has 32 heavy (non-hydrogen) atoms. The standard InChI is InChI=1S/C22H31N5O5/c1-4-12(2)19(22(31)32)27-21(30)17(26-18(28)11-25-20(29)13(3)23)9-14-10-24-16-8-6-5-7-15(14)16/h5-8,10,12-13,17,19,24H,4,9,11,23H2,1-3H3,(H,25,29)(H,26,28)(H,27,30)(H,31,32). The number of aliphatic carboxylic acids is 1. The fourth-order valence-corrected chi connectivity index (χ4v) is 3.24. The summed E-state index contributed by atoms with van der Waals surface area (Å²) in [6, 6.07) is 4.60. The smallest absolute Gasteiger partial charge is 0.326 e. The van der Waals surface area contributed by atoms with Crippen molar-refractivity contribution in [3.05, 3.63) is 36.0 Å². The van der Waals surface area contributed by atoms with Gasteiger partial charge in [0, 0.05) is 23.5 Å². The van der Waals surface area contributed by atoms with Crippen LogP contribution in [0.4, 0.5) is 0 Å². The monoisotopic (exact) mass is 445 g/mol. The van der Waals surface area contributed by atoms with E-state index in [-0.39, 0.29) is 18.9 Å². The zero-order valence-electron chi connectivity index (χ0n) is 18.5. The molecule has 3 amide bonds. The number of amides is 3. The second-order valence-electron chi connectivity index (χ2n) is 7.90. The van der Waals surface area contributed by atoms with Crippen LogP contribution in [0.1, 0.15) is 32.8 Å². The number of rotatable bonds is 11. The zero-order chi connectivity index (χ0) is 23.8. The lowest BCUT2D eigenvalue weighted by molar-refractivity contribution is -0.143. The minimum atomic E-state index is -1.14. The Hall–Kier alpha value is -3.40. The molecular weight excluding hydrogens is 414 g/mol. The number of carbonyl (C=O) groups excluding carboxylic acids is 3. The molecule has 0 aliphatic heterocycles. The number of hydrogen-bond acceptors (Lipinski definition) is 5. The van der Waals surface area contributed by atoms with Crippen molar-refractivity contribution in [2.24, 2.45) is 11.7 Å². The van der Waals surface area contributed by atoms with Gasteiger partial charge in [-0.2, -0.15) is 0 Å². The van der Waals surface area contributed by atoms with Gasteiger partial charge in [0.1, 0.15) is 12.1 Å². The summed E-state index contributed by atoms with van der Waals surface area (Å²) >= 11 is 0. The molecule has 10 nitrogen and oxygen atoms in total. The minimum absolute atomic E-state index is 0.135. The Morgan fingerprint density at radius 2 is 1.78 bits per heavy atom. The number of carboxylic acids is 1. The van der Waals surface area contributed by atoms with Gasteiger partial charge in [-0.15, -0.1) is 0 Å². The number of benzene rings is 1. The van der Waals surface area contributed by atoms with Crippen molar-refractivity contribution >= 4 is 34.6 Å². The predicted molar refractivity (Wildman–Crippen MR) is 120 cm³/mol. The average Bonchev–Trinajstić information content (AvgIpc) is 3.17. The van der Waals surface area contributed by atoms with Crippen LogP contribution in [0.25, 0.3) is 10.9 Å². The van der Waals surface area contributed by atoms with Gasteiger partial charge in [0.2, 0.25) is 17.7 Å². The maximum absolute atomic E-state index is 13.0. The fourth-order valence-electron chi connectivity index (χ4n) is 3.24. The van der Waals surface area contributed by atoms with Crippen molar-refractivity contribution in [3.8, 4) is 0 Å². The number of hydrogen-bond donors (Lipinski definition) is 6. The van der Waals surface area contributed by atoms with Crippen LogP contribution in [0.2, 0.25) is 0 Å². The summed E-state index contributed by atoms with van der Waals surface area (Å²) in [6.45, 7) is 4.70. The van der Waals surface area contributed by atoms with Crippen LogP contribution >= 0.6 is 0 Å². The third kappa shape index (κ3) is 6.55. The van der Waals surface area contributed by atoms with Gasteiger partial charge in [0.25, 0.3) is 0 Å². The highest BCUT2D eigenvalue weighted by Gasteiger charge is 2.30. The molecule has 1 aromatic carbocycles. The molecule has 2 rings (SSSR count). The molecule has 0 saturated carbocycles. The summed E-state index contributed by atoms with van der Waals surface area (Å²) in [6.07, 6.45) is 2.44. The van der Waals surface area contributed by atoms with E-state index < -0.39 is 41.8 Å². The first-order valence-electron chi connectivity index (χ1n) is 10.5. The number of nitrogens with one attached hydrogen (secondary N) is 4. The third-order valence-corrected chi connectivity index (χ3v) is 5.36. The number of aromatic amines is 1. The van der Waals surface area contributed by atoms with Gasteiger partial charge in [-0.3, -0.25) is 14.4 Å². The minimum Gasteiger partial charge on any atom is -0.480 e. The molecule has 0 saturated heterocycles. The number of carbonyl (C=O) groups is 4. The Kier molecular flexibility index (Phi) is 8.77. The highest BCUT2D eigenvalue weighted by atomic mass is 16.4. The Morgan fingerprint density at radius 1 is 1.09 bits per heavy atom. The number of fused-ring (bicyclic) bond motifs is 1. The van der Waals surface area contributed by atoms with Crippen LogP contribution < -0.4 is 21.7 Å². The zero-order valence-corrected chi connectivity index (χ0v) is 18.5. The molecule has 2 aromatic rings. The Balaban J connectivity index is 2.21. The van der Waals surface area contributed by atoms with Crippen molar-refractivity contribution in [2.45, 2.75) is 51.7 Å². The van der Waals surface area contributed by atoms with Crippen molar-refractivity contribution in [1.29, 1.82) is 0 Å². The molecule has 10 heteroatoms. The van der Waals surface area contributed by atoms with Crippen LogP contribution in [-0.4, -0.2) is 58.5 Å². The van der Waals surface area contributed by atoms with Crippen LogP contribution in [0, 0.1) is 5.92 Å². The number of H-pyrrole nitrogens is 1. The highest BCUT2D eigenvalue weighted by molar-refractivity contribution is 5.93. The molecule has 0 spiro atoms. The lowest BCUT2D eigenvalue weighted by Gasteiger charge is -2.24. The molecule has 1 heterocycles. The van der Waals surface area contributed by atoms with Crippen molar-refractivity contribution in [1.82, 2.24) is 20.9 Å². The van der Waals surface area contributed by atoms with Crippen LogP contribution in [0.5, 0.6) is 0 Å². The molecule has 0 radical (unpaired) electrons. The Morgan fingerprint density at radius 3 is 2.41 bits per heavy atom. The fraction of sp³-hybridized carbons (Fsp3) is 0.455. The van der Waals surface area contributed by atoms with Crippen LogP contribution in [0.15, 0.2) is 30.5 Å². The highest BCUT2D eigenvalue weighted by Crippen LogP contribution is 2.19. The van der Waals surface area contributed by atoms with E-state index in [9.17, 15) is 24.3 Å². The van der Waals surface area contributed by atoms with E-state index >= 15 is 0 Å². The maximum atomic E-state index is 13.0. The number of carboxylic acid groups (broad SMARTS) is 1. The van der Waals surface area contributed by atoms with Gasteiger partial charge in [-0.25, -0.2) is 4.79 Å². The summed E-state index contributed by atoms with van der Waals surface area (Å²) in [5.74, 6) is -3.15. The van der Waals surface area contributed by atoms with E-state index in [1.807, 2.05) is 31.2 Å². The lowest BCUT2D eigenvalue weighted by Crippen LogP contribution is -2.55. The summed E-state index contributed by atoms with van der Waals surface area (Å²) in [4.78, 5) is 51.8. The van der Waals surface area contributed by atoms with E-state index in [1.54, 1.807) is 13.1 Å². The third-order valence-electron chi connectivity index (χ3n) is 5.36. The van der Waals surface area contributed by atoms with Gasteiger partial charge in [0.15, 0.2) is 0 Å². The average molecular weight is 446 g/mol. The van der Waals surface area contributed by atoms with Gasteiger partial charge in [0.05, 0.1) is 12.6 Å². The first-order chi connectivity index (χ1) is 15.1. The van der Waals surface area contributed by atoms with Gasteiger partial charge < -0.3 is 31.8 Å². The summed E-state index contributed by atoms with van der Waals surface area (Å²) in [7, 11) is 0. The van der Waals surface area contributed by atoms with E-state index in [4.69, 9.17) is 5.73 Å². The molecule has 4 unspecified atom stereocenters. The molecule has 7 N–H and O–H groups in total. The molecule has 174 valence electrons. The predicted octanol–water partition coefficient (Wildman–Crippen LogP) is 0.274. The Bertz CT molecular complexity index is 971. The molecule has 0 aliphatic carbocycles. The summed E-state index contributed by atoms with van der Waals surface area (Å²) in [5.41, 5.74) is 7.14. The summed E-state index contributed by atoms with van der Waals surface area (Å²) in [5, 5.41) is 17.9. The maximum Gasteiger partial charge on any atom is 0.326 e. The van der Waals surface area contributed by atoms with Crippen molar-refractivity contribution < 1.29 is 24.3 Å². The van der Waals surface area contributed by atoms with Crippen molar-refractivity contribution in [2.75, 3.05) is 6.54 Å². The molecule has 4 atom stereocenters. The number of para-hydroxylation sites is 1. The van der Waals surface area contributed by atoms with E-state index in [2.05, 4.69) is 20.9 Å². The van der Waals surface area contributed by atoms with Crippen LogP contribution in [-0.2, 0) is 25.6 Å². The molecular formula is C22H31N5O5. The topological polar surface area (TPSA) is 166 Å². The second kappa shape index (κ2) is 11.3. The van der Waals surface area contributed by atoms with E-state index in [1.165, 1.54) is 6.92 Å². The largest absolute Gasteiger partial charge is 0.480 e. The summed E-state index contributed by atoms with van der Waals surface area (Å²) < 4.78 is 0. The number of aromatic nitrogens is 1. The first-order valence-corrected chi connectivity index (χ1v) is 10.5. The molecule has 0 fully saturated rings. The molecule has 0 bridgehead atoms. The quantitative estimate of drug-likeness (QED) is 0.290. The van der Waals surface area contributed by atoms with Crippen molar-refractivity contribution in [3.63, 3.8) is 0 Å². The van der Waals surface area contributed by atoms with E-state index in [0.717, 1.165) is 16.5 Å².